The van der Waals surface area contributed by atoms with Gasteiger partial charge >= 0.3 is 0 Å². The molecular weight excluding hydrogens is 432 g/mol. The summed E-state index contributed by atoms with van der Waals surface area (Å²) in [4.78, 5) is 4.31. The van der Waals surface area contributed by atoms with E-state index in [0.29, 0.717) is 5.41 Å². The Balaban J connectivity index is 0.00000312. The summed E-state index contributed by atoms with van der Waals surface area (Å²) in [5.74, 6) is 0.642. The van der Waals surface area contributed by atoms with E-state index in [1.165, 1.54) is 37.8 Å². The van der Waals surface area contributed by atoms with Crippen molar-refractivity contribution in [2.24, 2.45) is 10.4 Å². The summed E-state index contributed by atoms with van der Waals surface area (Å²) < 4.78 is 18.2. The Hall–Kier alpha value is -0.890. The Bertz CT molecular complexity index is 516. The number of hydrogen-bond acceptors (Lipinski definition) is 2. The molecule has 0 unspecified atom stereocenters. The molecule has 4 nitrogen and oxygen atoms in total. The normalized spacial score (nSPS) is 16.4. The lowest BCUT2D eigenvalue weighted by Gasteiger charge is -2.30. The van der Waals surface area contributed by atoms with E-state index in [2.05, 4.69) is 15.6 Å². The average molecular weight is 463 g/mol. The first-order valence-corrected chi connectivity index (χ1v) is 8.85. The molecule has 2 N–H and O–H groups in total. The van der Waals surface area contributed by atoms with Crippen LogP contribution in [-0.2, 0) is 11.2 Å². The van der Waals surface area contributed by atoms with Gasteiger partial charge in [0.2, 0.25) is 0 Å². The number of halogens is 2. The number of methoxy groups -OCH3 is 1. The van der Waals surface area contributed by atoms with Crippen molar-refractivity contribution in [2.75, 3.05) is 33.9 Å². The van der Waals surface area contributed by atoms with E-state index in [9.17, 15) is 4.39 Å². The van der Waals surface area contributed by atoms with Gasteiger partial charge < -0.3 is 15.4 Å². The maximum absolute atomic E-state index is 12.9. The lowest BCUT2D eigenvalue weighted by atomic mass is 9.83. The molecule has 0 saturated heterocycles. The van der Waals surface area contributed by atoms with Crippen LogP contribution in [-0.4, -0.2) is 39.8 Å². The predicted molar refractivity (Wildman–Crippen MR) is 112 cm³/mol. The SMILES string of the molecule is CN=C(NCCc1ccc(F)cc1)NCC1(CCOC)CCCC1.I. The van der Waals surface area contributed by atoms with E-state index in [4.69, 9.17) is 4.74 Å². The zero-order chi connectivity index (χ0) is 17.3. The molecule has 0 bridgehead atoms. The molecule has 1 aromatic rings. The molecule has 0 spiro atoms. The van der Waals surface area contributed by atoms with E-state index in [1.54, 1.807) is 14.2 Å². The molecule has 0 atom stereocenters. The molecule has 1 aliphatic rings. The van der Waals surface area contributed by atoms with Crippen molar-refractivity contribution in [3.05, 3.63) is 35.6 Å². The third kappa shape index (κ3) is 7.48. The third-order valence-corrected chi connectivity index (χ3v) is 4.97. The molecule has 0 heterocycles. The number of hydrogen-bond donors (Lipinski definition) is 2. The minimum Gasteiger partial charge on any atom is -0.385 e. The average Bonchev–Trinajstić information content (AvgIpc) is 3.07. The number of nitrogens with one attached hydrogen (secondary N) is 2. The van der Waals surface area contributed by atoms with Gasteiger partial charge in [0.25, 0.3) is 0 Å². The van der Waals surface area contributed by atoms with Gasteiger partial charge in [-0.1, -0.05) is 25.0 Å². The molecule has 0 aliphatic heterocycles. The molecule has 1 fully saturated rings. The summed E-state index contributed by atoms with van der Waals surface area (Å²) in [5.41, 5.74) is 1.46. The van der Waals surface area contributed by atoms with Crippen LogP contribution >= 0.6 is 24.0 Å². The number of ether oxygens (including phenoxy) is 1. The first-order valence-electron chi connectivity index (χ1n) is 8.85. The van der Waals surface area contributed by atoms with Crippen molar-refractivity contribution in [1.82, 2.24) is 10.6 Å². The molecule has 6 heteroatoms. The quantitative estimate of drug-likeness (QED) is 0.351. The smallest absolute Gasteiger partial charge is 0.191 e. The van der Waals surface area contributed by atoms with Crippen LogP contribution in [0, 0.1) is 11.2 Å². The summed E-state index contributed by atoms with van der Waals surface area (Å²) in [6, 6.07) is 6.65. The van der Waals surface area contributed by atoms with E-state index in [0.717, 1.165) is 44.1 Å². The van der Waals surface area contributed by atoms with Gasteiger partial charge in [0.1, 0.15) is 5.82 Å². The molecule has 142 valence electrons. The van der Waals surface area contributed by atoms with Crippen molar-refractivity contribution >= 4 is 29.9 Å². The minimum atomic E-state index is -0.192. The monoisotopic (exact) mass is 463 g/mol. The van der Waals surface area contributed by atoms with Crippen LogP contribution in [0.1, 0.15) is 37.7 Å². The van der Waals surface area contributed by atoms with Crippen molar-refractivity contribution in [2.45, 2.75) is 38.5 Å². The van der Waals surface area contributed by atoms with Crippen LogP contribution in [0.5, 0.6) is 0 Å². The zero-order valence-electron chi connectivity index (χ0n) is 15.3. The highest BCUT2D eigenvalue weighted by Gasteiger charge is 2.33. The third-order valence-electron chi connectivity index (χ3n) is 4.97. The van der Waals surface area contributed by atoms with Crippen molar-refractivity contribution in [1.29, 1.82) is 0 Å². The van der Waals surface area contributed by atoms with Gasteiger partial charge in [-0.3, -0.25) is 4.99 Å². The van der Waals surface area contributed by atoms with Crippen LogP contribution in [0.2, 0.25) is 0 Å². The van der Waals surface area contributed by atoms with Gasteiger partial charge in [0.05, 0.1) is 0 Å². The van der Waals surface area contributed by atoms with Crippen LogP contribution in [0.15, 0.2) is 29.3 Å². The predicted octanol–water partition coefficient (Wildman–Crippen LogP) is 3.75. The number of rotatable bonds is 8. The highest BCUT2D eigenvalue weighted by atomic mass is 127. The minimum absolute atomic E-state index is 0. The topological polar surface area (TPSA) is 45.7 Å². The molecule has 1 aliphatic carbocycles. The highest BCUT2D eigenvalue weighted by molar-refractivity contribution is 14.0. The summed E-state index contributed by atoms with van der Waals surface area (Å²) in [5, 5.41) is 6.82. The Morgan fingerprint density at radius 2 is 1.88 bits per heavy atom. The van der Waals surface area contributed by atoms with Gasteiger partial charge in [-0.2, -0.15) is 0 Å². The standard InChI is InChI=1S/C19H30FN3O.HI/c1-21-18(22-13-9-16-5-7-17(20)8-6-16)23-15-19(12-14-24-2)10-3-4-11-19;/h5-8H,3-4,9-15H2,1-2H3,(H2,21,22,23);1H. The van der Waals surface area contributed by atoms with E-state index >= 15 is 0 Å². The highest BCUT2D eigenvalue weighted by Crippen LogP contribution is 2.40. The van der Waals surface area contributed by atoms with Crippen molar-refractivity contribution in [3.63, 3.8) is 0 Å². The molecule has 1 aromatic carbocycles. The Kier molecular flexibility index (Phi) is 10.3. The molecule has 1 saturated carbocycles. The van der Waals surface area contributed by atoms with E-state index in [1.807, 2.05) is 12.1 Å². The maximum atomic E-state index is 12.9. The number of nitrogens with zero attached hydrogens (tertiary/aromatic N) is 1. The van der Waals surface area contributed by atoms with E-state index in [-0.39, 0.29) is 29.8 Å². The van der Waals surface area contributed by atoms with Gasteiger partial charge in [-0.15, -0.1) is 24.0 Å². The number of guanidine groups is 1. The van der Waals surface area contributed by atoms with Crippen molar-refractivity contribution in [3.8, 4) is 0 Å². The fourth-order valence-corrected chi connectivity index (χ4v) is 3.43. The Labute approximate surface area is 168 Å². The summed E-state index contributed by atoms with van der Waals surface area (Å²) in [6.45, 7) is 2.53. The fraction of sp³-hybridized carbons (Fsp3) is 0.632. The first-order chi connectivity index (χ1) is 11.7. The van der Waals surface area contributed by atoms with Gasteiger partial charge in [0.15, 0.2) is 5.96 Å². The number of aliphatic imine (C=N–C) groups is 1. The van der Waals surface area contributed by atoms with Crippen LogP contribution in [0.3, 0.4) is 0 Å². The zero-order valence-corrected chi connectivity index (χ0v) is 17.6. The van der Waals surface area contributed by atoms with Crippen LogP contribution in [0.4, 0.5) is 4.39 Å². The Morgan fingerprint density at radius 3 is 2.48 bits per heavy atom. The molecule has 0 amide bonds. The van der Waals surface area contributed by atoms with Crippen molar-refractivity contribution < 1.29 is 9.13 Å². The maximum Gasteiger partial charge on any atom is 0.191 e. The molecule has 25 heavy (non-hydrogen) atoms. The molecular formula is C19H31FIN3O. The van der Waals surface area contributed by atoms with Gasteiger partial charge in [-0.05, 0) is 48.8 Å². The molecule has 0 aromatic heterocycles. The van der Waals surface area contributed by atoms with Crippen LogP contribution in [0.25, 0.3) is 0 Å². The summed E-state index contributed by atoms with van der Waals surface area (Å²) in [7, 11) is 3.57. The fourth-order valence-electron chi connectivity index (χ4n) is 3.43. The first kappa shape index (κ1) is 22.2. The summed E-state index contributed by atoms with van der Waals surface area (Å²) >= 11 is 0. The lowest BCUT2D eigenvalue weighted by molar-refractivity contribution is 0.138. The molecule has 0 radical (unpaired) electrons. The van der Waals surface area contributed by atoms with Gasteiger partial charge in [0, 0.05) is 33.9 Å². The lowest BCUT2D eigenvalue weighted by Crippen LogP contribution is -2.43. The second-order valence-electron chi connectivity index (χ2n) is 6.68. The number of benzene rings is 1. The molecule has 2 rings (SSSR count). The Morgan fingerprint density at radius 1 is 1.20 bits per heavy atom. The van der Waals surface area contributed by atoms with E-state index < -0.39 is 0 Å². The second-order valence-corrected chi connectivity index (χ2v) is 6.68. The van der Waals surface area contributed by atoms with Crippen LogP contribution < -0.4 is 10.6 Å². The van der Waals surface area contributed by atoms with Gasteiger partial charge in [-0.25, -0.2) is 4.39 Å². The summed E-state index contributed by atoms with van der Waals surface area (Å²) in [6.07, 6.45) is 7.08. The second kappa shape index (κ2) is 11.7. The largest absolute Gasteiger partial charge is 0.385 e.